The fourth-order valence-corrected chi connectivity index (χ4v) is 4.20. The molecule has 1 N–H and O–H groups in total. The lowest BCUT2D eigenvalue weighted by atomic mass is 10.0. The van der Waals surface area contributed by atoms with Gasteiger partial charge in [0.2, 0.25) is 0 Å². The summed E-state index contributed by atoms with van der Waals surface area (Å²) >= 11 is 0. The fourth-order valence-electron chi connectivity index (χ4n) is 4.20. The van der Waals surface area contributed by atoms with Gasteiger partial charge in [-0.1, -0.05) is 48.5 Å². The Labute approximate surface area is 213 Å². The minimum absolute atomic E-state index is 0.0373. The smallest absolute Gasteiger partial charge is 0.254 e. The van der Waals surface area contributed by atoms with E-state index in [1.807, 2.05) is 48.5 Å². The van der Waals surface area contributed by atoms with Gasteiger partial charge in [-0.15, -0.1) is 0 Å². The van der Waals surface area contributed by atoms with Gasteiger partial charge in [-0.05, 0) is 59.2 Å². The highest BCUT2D eigenvalue weighted by atomic mass is 19.1. The lowest BCUT2D eigenvalue weighted by molar-refractivity contribution is 0.0783. The van der Waals surface area contributed by atoms with Crippen molar-refractivity contribution >= 4 is 22.6 Å². The SMILES string of the molecule is CN(Cc1cc(-c2ccc3ncnc(NCc4ccccc4)c3c2)ccc1F)C(=O)c1cccc(F)c1. The number of anilines is 1. The molecule has 0 saturated heterocycles. The van der Waals surface area contributed by atoms with Crippen LogP contribution in [0.5, 0.6) is 0 Å². The van der Waals surface area contributed by atoms with Crippen LogP contribution in [0.1, 0.15) is 21.5 Å². The van der Waals surface area contributed by atoms with Crippen LogP contribution in [0.3, 0.4) is 0 Å². The van der Waals surface area contributed by atoms with Gasteiger partial charge in [0.25, 0.3) is 5.91 Å². The minimum atomic E-state index is -0.495. The number of rotatable bonds is 7. The van der Waals surface area contributed by atoms with E-state index in [2.05, 4.69) is 15.3 Å². The molecule has 5 aromatic rings. The highest BCUT2D eigenvalue weighted by Gasteiger charge is 2.16. The average molecular weight is 495 g/mol. The van der Waals surface area contributed by atoms with Crippen LogP contribution in [0.25, 0.3) is 22.0 Å². The number of halogens is 2. The molecule has 0 bridgehead atoms. The monoisotopic (exact) mass is 494 g/mol. The molecular weight excluding hydrogens is 470 g/mol. The zero-order valence-electron chi connectivity index (χ0n) is 20.2. The number of nitrogens with zero attached hydrogens (tertiary/aromatic N) is 3. The van der Waals surface area contributed by atoms with E-state index < -0.39 is 11.6 Å². The van der Waals surface area contributed by atoms with Crippen LogP contribution in [0, 0.1) is 11.6 Å². The zero-order chi connectivity index (χ0) is 25.8. The lowest BCUT2D eigenvalue weighted by Crippen LogP contribution is -2.26. The topological polar surface area (TPSA) is 58.1 Å². The molecule has 0 radical (unpaired) electrons. The van der Waals surface area contributed by atoms with Crippen molar-refractivity contribution in [3.63, 3.8) is 0 Å². The Bertz CT molecular complexity index is 1570. The summed E-state index contributed by atoms with van der Waals surface area (Å²) in [5.41, 5.74) is 4.15. The third-order valence-corrected chi connectivity index (χ3v) is 6.14. The van der Waals surface area contributed by atoms with Crippen LogP contribution in [-0.2, 0) is 13.1 Å². The molecule has 1 heterocycles. The van der Waals surface area contributed by atoms with Crippen molar-refractivity contribution in [2.24, 2.45) is 0 Å². The molecule has 0 aliphatic heterocycles. The zero-order valence-corrected chi connectivity index (χ0v) is 20.2. The highest BCUT2D eigenvalue weighted by Crippen LogP contribution is 2.29. The van der Waals surface area contributed by atoms with Crippen molar-refractivity contribution in [3.8, 4) is 11.1 Å². The molecule has 184 valence electrons. The van der Waals surface area contributed by atoms with Crippen molar-refractivity contribution in [2.75, 3.05) is 12.4 Å². The summed E-state index contributed by atoms with van der Waals surface area (Å²) in [6, 6.07) is 26.1. The molecule has 1 aromatic heterocycles. The predicted octanol–water partition coefficient (Wildman–Crippen LogP) is 6.46. The number of aromatic nitrogens is 2. The van der Waals surface area contributed by atoms with E-state index in [4.69, 9.17) is 0 Å². The van der Waals surface area contributed by atoms with Crippen LogP contribution in [0.2, 0.25) is 0 Å². The normalized spacial score (nSPS) is 10.9. The van der Waals surface area contributed by atoms with Crippen LogP contribution in [0.15, 0.2) is 97.3 Å². The number of nitrogens with one attached hydrogen (secondary N) is 1. The first-order valence-electron chi connectivity index (χ1n) is 11.8. The van der Waals surface area contributed by atoms with E-state index >= 15 is 0 Å². The number of hydrogen-bond acceptors (Lipinski definition) is 4. The van der Waals surface area contributed by atoms with Gasteiger partial charge in [0.15, 0.2) is 0 Å². The van der Waals surface area contributed by atoms with Gasteiger partial charge >= 0.3 is 0 Å². The summed E-state index contributed by atoms with van der Waals surface area (Å²) in [6.45, 7) is 0.652. The number of fused-ring (bicyclic) bond motifs is 1. The number of carbonyl (C=O) groups excluding carboxylic acids is 1. The summed E-state index contributed by atoms with van der Waals surface area (Å²) < 4.78 is 28.3. The van der Waals surface area contributed by atoms with Crippen LogP contribution in [-0.4, -0.2) is 27.8 Å². The van der Waals surface area contributed by atoms with Crippen molar-refractivity contribution in [1.29, 1.82) is 0 Å². The minimum Gasteiger partial charge on any atom is -0.365 e. The maximum Gasteiger partial charge on any atom is 0.254 e. The Morgan fingerprint density at radius 2 is 1.65 bits per heavy atom. The molecule has 0 saturated carbocycles. The molecule has 0 aliphatic rings. The first-order chi connectivity index (χ1) is 18.0. The van der Waals surface area contributed by atoms with E-state index in [0.29, 0.717) is 17.9 Å². The molecule has 0 aliphatic carbocycles. The second-order valence-corrected chi connectivity index (χ2v) is 8.77. The largest absolute Gasteiger partial charge is 0.365 e. The van der Waals surface area contributed by atoms with Crippen LogP contribution in [0.4, 0.5) is 14.6 Å². The van der Waals surface area contributed by atoms with Crippen LogP contribution < -0.4 is 5.32 Å². The summed E-state index contributed by atoms with van der Waals surface area (Å²) in [4.78, 5) is 22.9. The Kier molecular flexibility index (Phi) is 6.85. The number of amides is 1. The second-order valence-electron chi connectivity index (χ2n) is 8.77. The third-order valence-electron chi connectivity index (χ3n) is 6.14. The highest BCUT2D eigenvalue weighted by molar-refractivity contribution is 5.94. The maximum absolute atomic E-state index is 14.7. The van der Waals surface area contributed by atoms with Gasteiger partial charge in [0.05, 0.1) is 5.52 Å². The van der Waals surface area contributed by atoms with Crippen molar-refractivity contribution in [1.82, 2.24) is 14.9 Å². The molecule has 0 spiro atoms. The van der Waals surface area contributed by atoms with E-state index in [1.165, 1.54) is 41.6 Å². The Morgan fingerprint density at radius 1 is 0.865 bits per heavy atom. The molecule has 5 nitrogen and oxygen atoms in total. The molecule has 0 unspecified atom stereocenters. The summed E-state index contributed by atoms with van der Waals surface area (Å²) in [5, 5.41) is 4.23. The molecule has 4 aromatic carbocycles. The third kappa shape index (κ3) is 5.46. The molecule has 1 amide bonds. The van der Waals surface area contributed by atoms with Crippen molar-refractivity contribution in [3.05, 3.63) is 126 Å². The fraction of sp³-hybridized carbons (Fsp3) is 0.100. The number of benzene rings is 4. The van der Waals surface area contributed by atoms with Gasteiger partial charge in [0, 0.05) is 36.7 Å². The van der Waals surface area contributed by atoms with Gasteiger partial charge in [-0.3, -0.25) is 4.79 Å². The van der Waals surface area contributed by atoms with E-state index in [9.17, 15) is 13.6 Å². The van der Waals surface area contributed by atoms with Crippen molar-refractivity contribution < 1.29 is 13.6 Å². The van der Waals surface area contributed by atoms with Gasteiger partial charge in [-0.2, -0.15) is 0 Å². The van der Waals surface area contributed by atoms with Gasteiger partial charge < -0.3 is 10.2 Å². The molecular formula is C30H24F2N4O. The summed E-state index contributed by atoms with van der Waals surface area (Å²) in [6.07, 6.45) is 1.52. The lowest BCUT2D eigenvalue weighted by Gasteiger charge is -2.18. The Morgan fingerprint density at radius 3 is 2.46 bits per heavy atom. The number of hydrogen-bond donors (Lipinski definition) is 1. The molecule has 0 atom stereocenters. The van der Waals surface area contributed by atoms with Crippen LogP contribution >= 0.6 is 0 Å². The second kappa shape index (κ2) is 10.5. The Balaban J connectivity index is 1.41. The average Bonchev–Trinajstić information content (AvgIpc) is 2.93. The van der Waals surface area contributed by atoms with E-state index in [-0.39, 0.29) is 18.0 Å². The molecule has 0 fully saturated rings. The quantitative estimate of drug-likeness (QED) is 0.282. The van der Waals surface area contributed by atoms with Crippen molar-refractivity contribution in [2.45, 2.75) is 13.1 Å². The van der Waals surface area contributed by atoms with Gasteiger partial charge in [0.1, 0.15) is 23.8 Å². The standard InChI is InChI=1S/C30H24F2N4O/c1-36(30(37)23-8-5-9-25(31)15-23)18-24-14-21(10-12-27(24)32)22-11-13-28-26(16-22)29(35-19-34-28)33-17-20-6-3-2-4-7-20/h2-16,19H,17-18H2,1H3,(H,33,34,35). The summed E-state index contributed by atoms with van der Waals surface area (Å²) in [7, 11) is 1.57. The first-order valence-corrected chi connectivity index (χ1v) is 11.8. The first kappa shape index (κ1) is 24.1. The predicted molar refractivity (Wildman–Crippen MR) is 141 cm³/mol. The van der Waals surface area contributed by atoms with E-state index in [0.717, 1.165) is 27.6 Å². The molecule has 37 heavy (non-hydrogen) atoms. The van der Waals surface area contributed by atoms with Gasteiger partial charge in [-0.25, -0.2) is 18.7 Å². The summed E-state index contributed by atoms with van der Waals surface area (Å²) in [5.74, 6) is -0.595. The molecule has 7 heteroatoms. The maximum atomic E-state index is 14.7. The molecule has 5 rings (SSSR count). The van der Waals surface area contributed by atoms with E-state index in [1.54, 1.807) is 19.2 Å². The number of carbonyl (C=O) groups is 1. The Hall–Kier alpha value is -4.65.